The number of unbranched alkanes of at least 4 members (excludes halogenated alkanes) is 2. The molecule has 0 aromatic heterocycles. The van der Waals surface area contributed by atoms with E-state index in [-0.39, 0.29) is 36.8 Å². The first-order valence-corrected chi connectivity index (χ1v) is 17.9. The van der Waals surface area contributed by atoms with E-state index in [0.717, 1.165) is 37.7 Å². The molecule has 1 saturated carbocycles. The Morgan fingerprint density at radius 1 is 1.10 bits per heavy atom. The van der Waals surface area contributed by atoms with Gasteiger partial charge in [-0.1, -0.05) is 61.7 Å². The Hall–Kier alpha value is -3.50. The molecule has 2 bridgehead atoms. The molecule has 262 valence electrons. The Morgan fingerprint density at radius 3 is 2.54 bits per heavy atom. The number of fused-ring (bicyclic) bond motifs is 1. The summed E-state index contributed by atoms with van der Waals surface area (Å²) >= 11 is 0. The lowest BCUT2D eigenvalue weighted by molar-refractivity contribution is -0.162. The number of aliphatic hydroxyl groups excluding tert-OH is 1. The molecule has 10 nitrogen and oxygen atoms in total. The fourth-order valence-corrected chi connectivity index (χ4v) is 8.56. The molecule has 0 unspecified atom stereocenters. The lowest BCUT2D eigenvalue weighted by atomic mass is 9.70. The van der Waals surface area contributed by atoms with E-state index in [9.17, 15) is 24.3 Å². The summed E-state index contributed by atoms with van der Waals surface area (Å²) in [6, 6.07) is 7.97. The van der Waals surface area contributed by atoms with Gasteiger partial charge in [-0.3, -0.25) is 19.2 Å². The number of benzene rings is 1. The predicted molar refractivity (Wildman–Crippen MR) is 181 cm³/mol. The summed E-state index contributed by atoms with van der Waals surface area (Å²) in [6.45, 7) is 10.2. The van der Waals surface area contributed by atoms with E-state index in [1.807, 2.05) is 35.2 Å². The van der Waals surface area contributed by atoms with Crippen molar-refractivity contribution in [2.45, 2.75) is 120 Å². The van der Waals surface area contributed by atoms with Crippen molar-refractivity contribution < 1.29 is 33.8 Å². The topological polar surface area (TPSA) is 125 Å². The Kier molecular flexibility index (Phi) is 12.1. The Morgan fingerprint density at radius 2 is 1.85 bits per heavy atom. The van der Waals surface area contributed by atoms with Crippen molar-refractivity contribution in [3.8, 4) is 0 Å². The van der Waals surface area contributed by atoms with E-state index < -0.39 is 47.7 Å². The van der Waals surface area contributed by atoms with Crippen LogP contribution in [-0.4, -0.2) is 88.1 Å². The Labute approximate surface area is 284 Å². The number of esters is 1. The summed E-state index contributed by atoms with van der Waals surface area (Å²) in [5, 5.41) is 12.3. The van der Waals surface area contributed by atoms with Crippen LogP contribution in [0.5, 0.6) is 0 Å². The Balaban J connectivity index is 1.44. The van der Waals surface area contributed by atoms with Crippen LogP contribution in [0.4, 0.5) is 0 Å². The van der Waals surface area contributed by atoms with Crippen molar-refractivity contribution in [3.63, 3.8) is 0 Å². The van der Waals surface area contributed by atoms with Crippen LogP contribution in [0.1, 0.15) is 95.6 Å². The third-order valence-corrected chi connectivity index (χ3v) is 10.8. The highest BCUT2D eigenvalue weighted by molar-refractivity contribution is 5.98. The van der Waals surface area contributed by atoms with Crippen LogP contribution in [-0.2, 0) is 28.7 Å². The van der Waals surface area contributed by atoms with Crippen LogP contribution in [0.25, 0.3) is 0 Å². The minimum Gasteiger partial charge on any atom is -0.455 e. The minimum absolute atomic E-state index is 0.0616. The fraction of sp³-hybridized carbons (Fsp3) is 0.632. The molecular formula is C38H53N3O7. The van der Waals surface area contributed by atoms with Crippen molar-refractivity contribution in [2.24, 2.45) is 11.8 Å². The van der Waals surface area contributed by atoms with Gasteiger partial charge in [-0.15, -0.1) is 13.2 Å². The van der Waals surface area contributed by atoms with Gasteiger partial charge in [0.25, 0.3) is 0 Å². The summed E-state index contributed by atoms with van der Waals surface area (Å²) in [5.41, 5.74) is -0.398. The number of carbonyl (C=O) groups excluding carboxylic acids is 4. The number of nitrogens with one attached hydrogen (secondary N) is 1. The molecule has 1 aromatic carbocycles. The SMILES string of the molecule is C=CCCC(=O)N[C@@H](C)[C@H](OC(=O)[C@@H]1[C@@H]2CC[C@]3(O2)[C@H](C(=O)N(CC=C)C2CCCCC2)N(CCCCCO)C(=O)[C@@H]13)c1ccccc1. The van der Waals surface area contributed by atoms with E-state index in [1.165, 1.54) is 0 Å². The van der Waals surface area contributed by atoms with Gasteiger partial charge in [0.05, 0.1) is 24.0 Å². The van der Waals surface area contributed by atoms with Crippen LogP contribution in [0, 0.1) is 11.8 Å². The summed E-state index contributed by atoms with van der Waals surface area (Å²) in [5.74, 6) is -2.82. The number of hydrogen-bond donors (Lipinski definition) is 2. The smallest absolute Gasteiger partial charge is 0.313 e. The average Bonchev–Trinajstić information content (AvgIpc) is 3.74. The highest BCUT2D eigenvalue weighted by atomic mass is 16.6. The second-order valence-corrected chi connectivity index (χ2v) is 13.9. The third kappa shape index (κ3) is 7.25. The lowest BCUT2D eigenvalue weighted by Crippen LogP contribution is -2.58. The number of aliphatic hydroxyl groups is 1. The zero-order valence-corrected chi connectivity index (χ0v) is 28.4. The van der Waals surface area contributed by atoms with E-state index in [0.29, 0.717) is 51.6 Å². The molecule has 3 amide bonds. The molecule has 0 radical (unpaired) electrons. The Bertz CT molecular complexity index is 1310. The molecule has 1 aromatic rings. The first kappa shape index (κ1) is 35.8. The van der Waals surface area contributed by atoms with E-state index in [2.05, 4.69) is 18.5 Å². The zero-order valence-electron chi connectivity index (χ0n) is 28.4. The van der Waals surface area contributed by atoms with Gasteiger partial charge >= 0.3 is 5.97 Å². The van der Waals surface area contributed by atoms with Crippen molar-refractivity contribution in [2.75, 3.05) is 19.7 Å². The number of allylic oxidation sites excluding steroid dienone is 1. The summed E-state index contributed by atoms with van der Waals surface area (Å²) in [7, 11) is 0. The monoisotopic (exact) mass is 663 g/mol. The third-order valence-electron chi connectivity index (χ3n) is 10.8. The van der Waals surface area contributed by atoms with Gasteiger partial charge in [0.15, 0.2) is 0 Å². The number of rotatable bonds is 17. The van der Waals surface area contributed by atoms with Gasteiger partial charge in [-0.05, 0) is 63.9 Å². The molecule has 1 spiro atoms. The summed E-state index contributed by atoms with van der Waals surface area (Å²) in [4.78, 5) is 59.7. The van der Waals surface area contributed by atoms with Crippen LogP contribution >= 0.6 is 0 Å². The highest BCUT2D eigenvalue weighted by Crippen LogP contribution is 2.59. The van der Waals surface area contributed by atoms with Crippen molar-refractivity contribution >= 4 is 23.7 Å². The lowest BCUT2D eigenvalue weighted by Gasteiger charge is -2.40. The van der Waals surface area contributed by atoms with Crippen LogP contribution < -0.4 is 5.32 Å². The number of amides is 3. The van der Waals surface area contributed by atoms with Crippen LogP contribution in [0.2, 0.25) is 0 Å². The van der Waals surface area contributed by atoms with Gasteiger partial charge in [0.1, 0.15) is 17.7 Å². The average molecular weight is 664 g/mol. The number of ether oxygens (including phenoxy) is 2. The maximum Gasteiger partial charge on any atom is 0.313 e. The molecule has 4 fully saturated rings. The summed E-state index contributed by atoms with van der Waals surface area (Å²) in [6.07, 6.45) is 11.0. The number of nitrogens with zero attached hydrogens (tertiary/aromatic N) is 2. The number of likely N-dealkylation sites (tertiary alicyclic amines) is 1. The molecule has 3 aliphatic heterocycles. The van der Waals surface area contributed by atoms with E-state index >= 15 is 0 Å². The largest absolute Gasteiger partial charge is 0.455 e. The molecule has 4 aliphatic rings. The van der Waals surface area contributed by atoms with Gasteiger partial charge in [0.2, 0.25) is 17.7 Å². The normalized spacial score (nSPS) is 27.6. The highest BCUT2D eigenvalue weighted by Gasteiger charge is 2.75. The van der Waals surface area contributed by atoms with Crippen LogP contribution in [0.15, 0.2) is 55.6 Å². The van der Waals surface area contributed by atoms with Gasteiger partial charge in [-0.2, -0.15) is 0 Å². The quantitative estimate of drug-likeness (QED) is 0.142. The van der Waals surface area contributed by atoms with Gasteiger partial charge < -0.3 is 29.7 Å². The maximum absolute atomic E-state index is 14.7. The zero-order chi connectivity index (χ0) is 34.3. The maximum atomic E-state index is 14.7. The molecule has 10 heteroatoms. The van der Waals surface area contributed by atoms with Crippen molar-refractivity contribution in [3.05, 3.63) is 61.2 Å². The predicted octanol–water partition coefficient (Wildman–Crippen LogP) is 4.63. The molecule has 3 saturated heterocycles. The van der Waals surface area contributed by atoms with Crippen molar-refractivity contribution in [1.82, 2.24) is 15.1 Å². The molecule has 2 N–H and O–H groups in total. The van der Waals surface area contributed by atoms with Gasteiger partial charge in [-0.25, -0.2) is 0 Å². The molecule has 1 aliphatic carbocycles. The van der Waals surface area contributed by atoms with Crippen molar-refractivity contribution in [1.29, 1.82) is 0 Å². The number of hydrogen-bond acceptors (Lipinski definition) is 7. The summed E-state index contributed by atoms with van der Waals surface area (Å²) < 4.78 is 13.0. The first-order valence-electron chi connectivity index (χ1n) is 17.9. The van der Waals surface area contributed by atoms with E-state index in [1.54, 1.807) is 24.0 Å². The van der Waals surface area contributed by atoms with Gasteiger partial charge in [0, 0.05) is 32.2 Å². The molecule has 3 heterocycles. The van der Waals surface area contributed by atoms with Crippen LogP contribution in [0.3, 0.4) is 0 Å². The second-order valence-electron chi connectivity index (χ2n) is 13.9. The fourth-order valence-electron chi connectivity index (χ4n) is 8.56. The molecule has 7 atom stereocenters. The first-order chi connectivity index (χ1) is 23.3. The standard InChI is InChI=1S/C38H53N3O7/c1-4-6-20-30(43)39-26(3)33(27-16-10-7-11-17-27)47-37(46)31-29-21-22-38(48-29)32(31)35(44)41(24-14-9-15-25-42)34(38)36(45)40(23-5-2)28-18-12-8-13-19-28/h4-5,7,10-11,16-17,26,28-29,31-34,42H,1-2,6,8-9,12-15,18-25H2,3H3,(H,39,43)/t26-,29-,31+,32+,33-,34-,38+/m0/s1. The molecular weight excluding hydrogens is 610 g/mol. The molecule has 48 heavy (non-hydrogen) atoms. The second kappa shape index (κ2) is 16.3. The molecule has 5 rings (SSSR count). The van der Waals surface area contributed by atoms with E-state index in [4.69, 9.17) is 9.47 Å². The number of carbonyl (C=O) groups is 4. The minimum atomic E-state index is -1.12.